The Kier molecular flexibility index (Phi) is 3.49. The number of aliphatic carboxylic acids is 1. The first-order chi connectivity index (χ1) is 7.40. The summed E-state index contributed by atoms with van der Waals surface area (Å²) in [5.74, 6) is -6.30. The third-order valence-corrected chi connectivity index (χ3v) is 1.58. The van der Waals surface area contributed by atoms with Crippen molar-refractivity contribution in [2.75, 3.05) is 5.32 Å². The summed E-state index contributed by atoms with van der Waals surface area (Å²) in [6.45, 7) is 0. The van der Waals surface area contributed by atoms with Crippen molar-refractivity contribution in [3.8, 4) is 0 Å². The van der Waals surface area contributed by atoms with Crippen LogP contribution in [0.25, 0.3) is 0 Å². The number of anilines is 1. The predicted molar refractivity (Wildman–Crippen MR) is 47.2 cm³/mol. The third-order valence-electron chi connectivity index (χ3n) is 1.58. The van der Waals surface area contributed by atoms with Gasteiger partial charge in [0.15, 0.2) is 11.6 Å². The van der Waals surface area contributed by atoms with E-state index in [9.17, 15) is 22.8 Å². The third kappa shape index (κ3) is 2.97. The van der Waals surface area contributed by atoms with Gasteiger partial charge in [0.25, 0.3) is 0 Å². The zero-order valence-electron chi connectivity index (χ0n) is 7.76. The highest BCUT2D eigenvalue weighted by atomic mass is 19.1. The Balaban J connectivity index is 2.89. The zero-order valence-corrected chi connectivity index (χ0v) is 7.76. The van der Waals surface area contributed by atoms with Gasteiger partial charge < -0.3 is 10.4 Å². The van der Waals surface area contributed by atoms with E-state index in [-0.39, 0.29) is 0 Å². The topological polar surface area (TPSA) is 66.4 Å². The molecule has 0 saturated heterocycles. The molecule has 1 aromatic carbocycles. The molecule has 0 aromatic heterocycles. The molecule has 86 valence electrons. The molecule has 0 fully saturated rings. The lowest BCUT2D eigenvalue weighted by atomic mass is 10.2. The average molecular weight is 233 g/mol. The number of nitrogens with one attached hydrogen (secondary N) is 1. The van der Waals surface area contributed by atoms with E-state index in [2.05, 4.69) is 0 Å². The fourth-order valence-electron chi connectivity index (χ4n) is 0.983. The first-order valence-electron chi connectivity index (χ1n) is 4.06. The van der Waals surface area contributed by atoms with E-state index in [0.29, 0.717) is 12.1 Å². The SMILES string of the molecule is O=C(O)CC(=O)Nc1c(F)cc(F)cc1F. The summed E-state index contributed by atoms with van der Waals surface area (Å²) in [5.41, 5.74) is -0.868. The van der Waals surface area contributed by atoms with Crippen LogP contribution in [0, 0.1) is 17.5 Å². The van der Waals surface area contributed by atoms with Gasteiger partial charge in [0, 0.05) is 12.1 Å². The van der Waals surface area contributed by atoms with E-state index >= 15 is 0 Å². The summed E-state index contributed by atoms with van der Waals surface area (Å²) in [4.78, 5) is 21.0. The van der Waals surface area contributed by atoms with Crippen molar-refractivity contribution in [2.45, 2.75) is 6.42 Å². The predicted octanol–water partition coefficient (Wildman–Crippen LogP) is 1.52. The molecular weight excluding hydrogens is 227 g/mol. The van der Waals surface area contributed by atoms with Crippen LogP contribution in [0.2, 0.25) is 0 Å². The van der Waals surface area contributed by atoms with Gasteiger partial charge in [-0.3, -0.25) is 9.59 Å². The van der Waals surface area contributed by atoms with Gasteiger partial charge in [-0.1, -0.05) is 0 Å². The van der Waals surface area contributed by atoms with E-state index in [4.69, 9.17) is 5.11 Å². The highest BCUT2D eigenvalue weighted by Gasteiger charge is 2.15. The Labute approximate surface area is 87.7 Å². The fourth-order valence-corrected chi connectivity index (χ4v) is 0.983. The number of rotatable bonds is 3. The smallest absolute Gasteiger partial charge is 0.312 e. The van der Waals surface area contributed by atoms with Crippen LogP contribution < -0.4 is 5.32 Å². The van der Waals surface area contributed by atoms with Crippen LogP contribution in [0.4, 0.5) is 18.9 Å². The molecule has 1 aromatic rings. The van der Waals surface area contributed by atoms with Crippen LogP contribution >= 0.6 is 0 Å². The van der Waals surface area contributed by atoms with Gasteiger partial charge in [-0.15, -0.1) is 0 Å². The first-order valence-corrected chi connectivity index (χ1v) is 4.06. The fraction of sp³-hybridized carbons (Fsp3) is 0.111. The second-order valence-corrected chi connectivity index (χ2v) is 2.86. The number of carbonyl (C=O) groups excluding carboxylic acids is 1. The summed E-state index contributed by atoms with van der Waals surface area (Å²) in [7, 11) is 0. The molecule has 0 saturated carbocycles. The molecule has 0 unspecified atom stereocenters. The van der Waals surface area contributed by atoms with Gasteiger partial charge in [-0.2, -0.15) is 0 Å². The zero-order chi connectivity index (χ0) is 12.3. The number of carbonyl (C=O) groups is 2. The number of carboxylic acid groups (broad SMARTS) is 1. The number of halogens is 3. The number of amides is 1. The minimum atomic E-state index is -1.44. The maximum Gasteiger partial charge on any atom is 0.312 e. The Hall–Kier alpha value is -2.05. The Morgan fingerprint density at radius 2 is 1.69 bits per heavy atom. The van der Waals surface area contributed by atoms with Crippen molar-refractivity contribution >= 4 is 17.6 Å². The quantitative estimate of drug-likeness (QED) is 0.778. The number of hydrogen-bond acceptors (Lipinski definition) is 2. The lowest BCUT2D eigenvalue weighted by Crippen LogP contribution is -2.17. The highest BCUT2D eigenvalue weighted by molar-refractivity contribution is 6.01. The van der Waals surface area contributed by atoms with E-state index in [1.54, 1.807) is 5.32 Å². The molecule has 0 aliphatic heterocycles. The lowest BCUT2D eigenvalue weighted by molar-refractivity contribution is -0.139. The summed E-state index contributed by atoms with van der Waals surface area (Å²) in [5, 5.41) is 9.94. The minimum Gasteiger partial charge on any atom is -0.481 e. The standard InChI is InChI=1S/C9H6F3NO3/c10-4-1-5(11)9(6(12)2-4)13-7(14)3-8(15)16/h1-2H,3H2,(H,13,14)(H,15,16). The van der Waals surface area contributed by atoms with Crippen molar-refractivity contribution in [1.82, 2.24) is 0 Å². The summed E-state index contributed by atoms with van der Waals surface area (Å²) < 4.78 is 38.4. The van der Waals surface area contributed by atoms with Crippen LogP contribution in [0.3, 0.4) is 0 Å². The Morgan fingerprint density at radius 1 is 1.19 bits per heavy atom. The second kappa shape index (κ2) is 4.65. The minimum absolute atomic E-state index is 0.374. The highest BCUT2D eigenvalue weighted by Crippen LogP contribution is 2.20. The summed E-state index contributed by atoms with van der Waals surface area (Å²) in [6.07, 6.45) is -0.934. The van der Waals surface area contributed by atoms with Gasteiger partial charge in [0.2, 0.25) is 5.91 Å². The van der Waals surface area contributed by atoms with E-state index in [1.807, 2.05) is 0 Å². The second-order valence-electron chi connectivity index (χ2n) is 2.86. The molecule has 1 rings (SSSR count). The monoisotopic (exact) mass is 233 g/mol. The molecule has 0 heterocycles. The maximum absolute atomic E-state index is 13.0. The van der Waals surface area contributed by atoms with Crippen molar-refractivity contribution < 1.29 is 27.9 Å². The van der Waals surface area contributed by atoms with Crippen molar-refractivity contribution in [2.24, 2.45) is 0 Å². The van der Waals surface area contributed by atoms with E-state index in [0.717, 1.165) is 0 Å². The molecule has 16 heavy (non-hydrogen) atoms. The van der Waals surface area contributed by atoms with Crippen LogP contribution in [0.15, 0.2) is 12.1 Å². The number of carboxylic acids is 1. The van der Waals surface area contributed by atoms with Gasteiger partial charge in [0.05, 0.1) is 0 Å². The van der Waals surface area contributed by atoms with Crippen molar-refractivity contribution in [3.05, 3.63) is 29.6 Å². The molecule has 0 atom stereocenters. The molecule has 0 spiro atoms. The lowest BCUT2D eigenvalue weighted by Gasteiger charge is -2.06. The molecule has 0 bridgehead atoms. The molecule has 0 aliphatic carbocycles. The van der Waals surface area contributed by atoms with E-state index in [1.165, 1.54) is 0 Å². The van der Waals surface area contributed by atoms with Crippen LogP contribution in [0.5, 0.6) is 0 Å². The van der Waals surface area contributed by atoms with Crippen LogP contribution in [-0.4, -0.2) is 17.0 Å². The molecule has 0 aliphatic rings. The van der Waals surface area contributed by atoms with Crippen molar-refractivity contribution in [1.29, 1.82) is 0 Å². The number of benzene rings is 1. The molecule has 4 nitrogen and oxygen atoms in total. The van der Waals surface area contributed by atoms with E-state index < -0.39 is 41.4 Å². The van der Waals surface area contributed by atoms with Crippen molar-refractivity contribution in [3.63, 3.8) is 0 Å². The molecule has 2 N–H and O–H groups in total. The largest absolute Gasteiger partial charge is 0.481 e. The summed E-state index contributed by atoms with van der Waals surface area (Å²) >= 11 is 0. The van der Waals surface area contributed by atoms with Gasteiger partial charge in [0.1, 0.15) is 17.9 Å². The van der Waals surface area contributed by atoms with Gasteiger partial charge >= 0.3 is 5.97 Å². The Bertz CT molecular complexity index is 425. The van der Waals surface area contributed by atoms with Gasteiger partial charge in [-0.25, -0.2) is 13.2 Å². The Morgan fingerprint density at radius 3 is 2.12 bits per heavy atom. The first kappa shape index (κ1) is 12.0. The average Bonchev–Trinajstić information content (AvgIpc) is 2.09. The molecule has 7 heteroatoms. The van der Waals surface area contributed by atoms with Gasteiger partial charge in [-0.05, 0) is 0 Å². The maximum atomic E-state index is 13.0. The van der Waals surface area contributed by atoms with Crippen LogP contribution in [-0.2, 0) is 9.59 Å². The molecule has 0 radical (unpaired) electrons. The normalized spacial score (nSPS) is 9.94. The number of hydrogen-bond donors (Lipinski definition) is 2. The molecular formula is C9H6F3NO3. The molecule has 1 amide bonds. The summed E-state index contributed by atoms with van der Waals surface area (Å²) in [6, 6.07) is 0.749. The van der Waals surface area contributed by atoms with Crippen LogP contribution in [0.1, 0.15) is 6.42 Å².